The van der Waals surface area contributed by atoms with E-state index in [1.165, 1.54) is 10.6 Å². The van der Waals surface area contributed by atoms with Crippen LogP contribution in [0.1, 0.15) is 12.5 Å². The highest BCUT2D eigenvalue weighted by atomic mass is 19.1. The number of aliphatic hydroxyl groups excluding tert-OH is 1. The fourth-order valence-electron chi connectivity index (χ4n) is 3.04. The quantitative estimate of drug-likeness (QED) is 0.539. The van der Waals surface area contributed by atoms with Gasteiger partial charge in [-0.15, -0.1) is 15.3 Å². The molecule has 0 bridgehead atoms. The fraction of sp³-hybridized carbons (Fsp3) is 0.190. The molecule has 142 valence electrons. The highest BCUT2D eigenvalue weighted by molar-refractivity contribution is 5.60. The summed E-state index contributed by atoms with van der Waals surface area (Å²) >= 11 is 0. The van der Waals surface area contributed by atoms with Gasteiger partial charge in [0.05, 0.1) is 17.7 Å². The van der Waals surface area contributed by atoms with Gasteiger partial charge >= 0.3 is 0 Å². The standard InChI is InChI=1S/C21H20FN5O/c1-14(18(28)13-15-7-3-2-4-8-15)23-19-11-12-20-24-25-21(27(20)26-19)16-9-5-6-10-17(16)22/h2-12,14,18,28H,13H2,1H3,(H,23,26). The largest absolute Gasteiger partial charge is 0.391 e. The van der Waals surface area contributed by atoms with Crippen LogP contribution in [-0.2, 0) is 6.42 Å². The van der Waals surface area contributed by atoms with Crippen molar-refractivity contribution in [2.24, 2.45) is 0 Å². The van der Waals surface area contributed by atoms with E-state index in [9.17, 15) is 9.50 Å². The predicted molar refractivity (Wildman–Crippen MR) is 105 cm³/mol. The Morgan fingerprint density at radius 1 is 1.00 bits per heavy atom. The van der Waals surface area contributed by atoms with E-state index in [4.69, 9.17) is 0 Å². The van der Waals surface area contributed by atoms with Gasteiger partial charge < -0.3 is 10.4 Å². The molecular weight excluding hydrogens is 357 g/mol. The third-order valence-electron chi connectivity index (χ3n) is 4.62. The number of hydrogen-bond donors (Lipinski definition) is 2. The number of rotatable bonds is 6. The summed E-state index contributed by atoms with van der Waals surface area (Å²) in [6.07, 6.45) is -0.0588. The van der Waals surface area contributed by atoms with Crippen LogP contribution >= 0.6 is 0 Å². The summed E-state index contributed by atoms with van der Waals surface area (Å²) in [4.78, 5) is 0. The molecule has 0 radical (unpaired) electrons. The smallest absolute Gasteiger partial charge is 0.188 e. The first kappa shape index (κ1) is 18.1. The minimum Gasteiger partial charge on any atom is -0.391 e. The molecule has 4 aromatic rings. The highest BCUT2D eigenvalue weighted by Gasteiger charge is 2.17. The van der Waals surface area contributed by atoms with Gasteiger partial charge in [0, 0.05) is 6.42 Å². The molecule has 0 saturated carbocycles. The number of nitrogens with zero attached hydrogens (tertiary/aromatic N) is 4. The molecule has 0 aliphatic carbocycles. The number of aromatic nitrogens is 4. The van der Waals surface area contributed by atoms with E-state index >= 15 is 0 Å². The summed E-state index contributed by atoms with van der Waals surface area (Å²) in [6.45, 7) is 1.89. The van der Waals surface area contributed by atoms with Crippen molar-refractivity contribution in [3.63, 3.8) is 0 Å². The zero-order chi connectivity index (χ0) is 19.5. The van der Waals surface area contributed by atoms with Gasteiger partial charge in [-0.2, -0.15) is 4.52 Å². The van der Waals surface area contributed by atoms with Gasteiger partial charge in [-0.25, -0.2) is 4.39 Å². The number of hydrogen-bond acceptors (Lipinski definition) is 5. The van der Waals surface area contributed by atoms with Crippen LogP contribution in [0.2, 0.25) is 0 Å². The zero-order valence-electron chi connectivity index (χ0n) is 15.3. The van der Waals surface area contributed by atoms with Crippen molar-refractivity contribution in [3.8, 4) is 11.4 Å². The van der Waals surface area contributed by atoms with Crippen molar-refractivity contribution in [1.82, 2.24) is 19.8 Å². The van der Waals surface area contributed by atoms with Crippen molar-refractivity contribution >= 4 is 11.5 Å². The number of benzene rings is 2. The van der Waals surface area contributed by atoms with E-state index in [-0.39, 0.29) is 11.9 Å². The molecule has 2 atom stereocenters. The minimum atomic E-state index is -0.591. The third-order valence-corrected chi connectivity index (χ3v) is 4.62. The Labute approximate surface area is 161 Å². The van der Waals surface area contributed by atoms with Crippen LogP contribution in [0.5, 0.6) is 0 Å². The topological polar surface area (TPSA) is 75.3 Å². The summed E-state index contributed by atoms with van der Waals surface area (Å²) in [6, 6.07) is 19.5. The number of halogens is 1. The average molecular weight is 377 g/mol. The minimum absolute atomic E-state index is 0.237. The Kier molecular flexibility index (Phi) is 4.99. The first-order valence-electron chi connectivity index (χ1n) is 9.08. The van der Waals surface area contributed by atoms with Crippen LogP contribution in [0.15, 0.2) is 66.7 Å². The van der Waals surface area contributed by atoms with E-state index in [2.05, 4.69) is 20.6 Å². The van der Waals surface area contributed by atoms with Gasteiger partial charge in [0.2, 0.25) is 0 Å². The van der Waals surface area contributed by atoms with E-state index in [0.717, 1.165) is 5.56 Å². The molecule has 2 aromatic heterocycles. The van der Waals surface area contributed by atoms with Crippen molar-refractivity contribution in [2.75, 3.05) is 5.32 Å². The zero-order valence-corrected chi connectivity index (χ0v) is 15.3. The molecule has 0 fully saturated rings. The van der Waals surface area contributed by atoms with Crippen LogP contribution in [0, 0.1) is 5.82 Å². The van der Waals surface area contributed by atoms with Gasteiger partial charge in [-0.1, -0.05) is 42.5 Å². The summed E-state index contributed by atoms with van der Waals surface area (Å²) in [5, 5.41) is 26.3. The Morgan fingerprint density at radius 3 is 2.54 bits per heavy atom. The second-order valence-corrected chi connectivity index (χ2v) is 6.68. The van der Waals surface area contributed by atoms with Crippen LogP contribution < -0.4 is 5.32 Å². The Balaban J connectivity index is 1.56. The van der Waals surface area contributed by atoms with Crippen molar-refractivity contribution in [3.05, 3.63) is 78.1 Å². The van der Waals surface area contributed by atoms with Gasteiger partial charge in [0.25, 0.3) is 0 Å². The van der Waals surface area contributed by atoms with E-state index in [1.807, 2.05) is 37.3 Å². The Bertz CT molecular complexity index is 1080. The van der Waals surface area contributed by atoms with Crippen LogP contribution in [0.4, 0.5) is 10.2 Å². The lowest BCUT2D eigenvalue weighted by molar-refractivity contribution is 0.158. The molecule has 0 saturated heterocycles. The van der Waals surface area contributed by atoms with Crippen molar-refractivity contribution in [2.45, 2.75) is 25.5 Å². The summed E-state index contributed by atoms with van der Waals surface area (Å²) in [7, 11) is 0. The number of anilines is 1. The first-order valence-corrected chi connectivity index (χ1v) is 9.08. The second-order valence-electron chi connectivity index (χ2n) is 6.68. The highest BCUT2D eigenvalue weighted by Crippen LogP contribution is 2.21. The molecule has 2 unspecified atom stereocenters. The van der Waals surface area contributed by atoms with Gasteiger partial charge in [0.15, 0.2) is 11.5 Å². The third kappa shape index (κ3) is 3.70. The lowest BCUT2D eigenvalue weighted by atomic mass is 10.0. The maximum atomic E-state index is 14.1. The van der Waals surface area contributed by atoms with Crippen LogP contribution in [0.3, 0.4) is 0 Å². The molecule has 2 heterocycles. The summed E-state index contributed by atoms with van der Waals surface area (Å²) in [5.74, 6) is 0.488. The summed E-state index contributed by atoms with van der Waals surface area (Å²) in [5.41, 5.74) is 1.91. The van der Waals surface area contributed by atoms with E-state index < -0.39 is 6.10 Å². The average Bonchev–Trinajstić information content (AvgIpc) is 3.12. The van der Waals surface area contributed by atoms with Crippen molar-refractivity contribution in [1.29, 1.82) is 0 Å². The monoisotopic (exact) mass is 377 g/mol. The first-order chi connectivity index (χ1) is 13.6. The molecule has 0 amide bonds. The molecule has 2 N–H and O–H groups in total. The maximum Gasteiger partial charge on any atom is 0.188 e. The Hall–Kier alpha value is -3.32. The van der Waals surface area contributed by atoms with E-state index in [0.29, 0.717) is 29.3 Å². The number of nitrogens with one attached hydrogen (secondary N) is 1. The van der Waals surface area contributed by atoms with Crippen LogP contribution in [-0.4, -0.2) is 37.1 Å². The molecule has 7 heteroatoms. The molecule has 2 aromatic carbocycles. The lowest BCUT2D eigenvalue weighted by Crippen LogP contribution is -2.32. The van der Waals surface area contributed by atoms with Crippen molar-refractivity contribution < 1.29 is 9.50 Å². The molecule has 6 nitrogen and oxygen atoms in total. The predicted octanol–water partition coefficient (Wildman–Crippen LogP) is 3.33. The molecule has 0 aliphatic heterocycles. The molecule has 0 spiro atoms. The van der Waals surface area contributed by atoms with Gasteiger partial charge in [-0.3, -0.25) is 0 Å². The molecule has 4 rings (SSSR count). The normalized spacial score (nSPS) is 13.4. The second kappa shape index (κ2) is 7.74. The molecule has 28 heavy (non-hydrogen) atoms. The fourth-order valence-corrected chi connectivity index (χ4v) is 3.04. The maximum absolute atomic E-state index is 14.1. The summed E-state index contributed by atoms with van der Waals surface area (Å²) < 4.78 is 15.6. The molecule has 0 aliphatic rings. The van der Waals surface area contributed by atoms with Gasteiger partial charge in [0.1, 0.15) is 11.6 Å². The molecular formula is C21H20FN5O. The van der Waals surface area contributed by atoms with E-state index in [1.54, 1.807) is 30.3 Å². The lowest BCUT2D eigenvalue weighted by Gasteiger charge is -2.21. The van der Waals surface area contributed by atoms with Crippen LogP contribution in [0.25, 0.3) is 17.0 Å². The Morgan fingerprint density at radius 2 is 1.75 bits per heavy atom. The SMILES string of the molecule is CC(Nc1ccc2nnc(-c3ccccc3F)n2n1)C(O)Cc1ccccc1. The number of aliphatic hydroxyl groups is 1. The number of fused-ring (bicyclic) bond motifs is 1. The van der Waals surface area contributed by atoms with Gasteiger partial charge in [-0.05, 0) is 36.8 Å².